The molecule has 0 radical (unpaired) electrons. The Morgan fingerprint density at radius 3 is 2.65 bits per heavy atom. The summed E-state index contributed by atoms with van der Waals surface area (Å²) in [5, 5.41) is 0. The second-order valence-electron chi connectivity index (χ2n) is 6.42. The average Bonchev–Trinajstić information content (AvgIpc) is 2.55. The van der Waals surface area contributed by atoms with E-state index in [1.807, 2.05) is 0 Å². The zero-order valence-corrected chi connectivity index (χ0v) is 12.0. The van der Waals surface area contributed by atoms with Crippen molar-refractivity contribution in [3.63, 3.8) is 0 Å². The maximum Gasteiger partial charge on any atom is 0.00542 e. The lowest BCUT2D eigenvalue weighted by Crippen LogP contribution is -2.28. The summed E-state index contributed by atoms with van der Waals surface area (Å²) >= 11 is 0. The van der Waals surface area contributed by atoms with Gasteiger partial charge >= 0.3 is 0 Å². The Hall–Kier alpha value is -1.56. The molecule has 1 aromatic rings. The van der Waals surface area contributed by atoms with Crippen molar-refractivity contribution < 1.29 is 0 Å². The van der Waals surface area contributed by atoms with Crippen molar-refractivity contribution in [2.45, 2.75) is 38.0 Å². The molecule has 0 aromatic heterocycles. The maximum absolute atomic E-state index is 2.45. The number of allylic oxidation sites excluding steroid dienone is 6. The van der Waals surface area contributed by atoms with Gasteiger partial charge < -0.3 is 0 Å². The third-order valence-electron chi connectivity index (χ3n) is 5.38. The third kappa shape index (κ3) is 1.98. The topological polar surface area (TPSA) is 0 Å². The molecule has 0 heterocycles. The summed E-state index contributed by atoms with van der Waals surface area (Å²) < 4.78 is 0. The molecule has 0 saturated heterocycles. The molecule has 3 aliphatic carbocycles. The molecule has 0 N–H and O–H groups in total. The van der Waals surface area contributed by atoms with Crippen LogP contribution in [0.5, 0.6) is 0 Å². The molecule has 3 unspecified atom stereocenters. The number of benzene rings is 1. The molecule has 0 amide bonds. The van der Waals surface area contributed by atoms with Gasteiger partial charge in [-0.25, -0.2) is 0 Å². The summed E-state index contributed by atoms with van der Waals surface area (Å²) in [6, 6.07) is 11.1. The third-order valence-corrected chi connectivity index (χ3v) is 5.38. The quantitative estimate of drug-likeness (QED) is 0.635. The number of hydrogen-bond donors (Lipinski definition) is 0. The van der Waals surface area contributed by atoms with Crippen LogP contribution in [0.4, 0.5) is 0 Å². The summed E-state index contributed by atoms with van der Waals surface area (Å²) in [6.07, 6.45) is 16.3. The van der Waals surface area contributed by atoms with E-state index >= 15 is 0 Å². The molecule has 0 spiro atoms. The first kappa shape index (κ1) is 12.2. The molecule has 1 fully saturated rings. The van der Waals surface area contributed by atoms with Gasteiger partial charge in [-0.2, -0.15) is 0 Å². The fraction of sp³-hybridized carbons (Fsp3) is 0.400. The van der Waals surface area contributed by atoms with Gasteiger partial charge in [-0.05, 0) is 48.7 Å². The summed E-state index contributed by atoms with van der Waals surface area (Å²) in [6.45, 7) is 0. The van der Waals surface area contributed by atoms with Crippen LogP contribution in [0.15, 0.2) is 65.8 Å². The number of fused-ring (bicyclic) bond motifs is 3. The first-order chi connectivity index (χ1) is 9.93. The van der Waals surface area contributed by atoms with E-state index in [4.69, 9.17) is 0 Å². The lowest BCUT2D eigenvalue weighted by atomic mass is 9.63. The van der Waals surface area contributed by atoms with E-state index in [1.54, 1.807) is 11.1 Å². The van der Waals surface area contributed by atoms with Crippen molar-refractivity contribution in [2.75, 3.05) is 0 Å². The largest absolute Gasteiger partial charge is 0.0842 e. The van der Waals surface area contributed by atoms with Crippen LogP contribution in [0.3, 0.4) is 0 Å². The molecule has 0 bridgehead atoms. The Bertz CT molecular complexity index is 573. The number of hydrogen-bond acceptors (Lipinski definition) is 0. The Morgan fingerprint density at radius 1 is 0.850 bits per heavy atom. The second kappa shape index (κ2) is 5.09. The molecule has 3 atom stereocenters. The van der Waals surface area contributed by atoms with Gasteiger partial charge in [0.2, 0.25) is 0 Å². The minimum Gasteiger partial charge on any atom is -0.0842 e. The lowest BCUT2D eigenvalue weighted by Gasteiger charge is -2.41. The molecular weight excluding hydrogens is 240 g/mol. The van der Waals surface area contributed by atoms with Crippen molar-refractivity contribution in [1.82, 2.24) is 0 Å². The van der Waals surface area contributed by atoms with E-state index in [-0.39, 0.29) is 0 Å². The van der Waals surface area contributed by atoms with Crippen LogP contribution in [0, 0.1) is 11.8 Å². The molecule has 102 valence electrons. The van der Waals surface area contributed by atoms with Crippen molar-refractivity contribution in [1.29, 1.82) is 0 Å². The van der Waals surface area contributed by atoms with Crippen LogP contribution < -0.4 is 0 Å². The van der Waals surface area contributed by atoms with E-state index in [0.717, 1.165) is 11.8 Å². The second-order valence-corrected chi connectivity index (χ2v) is 6.42. The van der Waals surface area contributed by atoms with Gasteiger partial charge in [0.05, 0.1) is 0 Å². The molecule has 1 aromatic carbocycles. The van der Waals surface area contributed by atoms with Crippen molar-refractivity contribution >= 4 is 0 Å². The van der Waals surface area contributed by atoms with Gasteiger partial charge in [0.15, 0.2) is 0 Å². The molecule has 0 nitrogen and oxygen atoms in total. The highest BCUT2D eigenvalue weighted by Gasteiger charge is 2.36. The van der Waals surface area contributed by atoms with Gasteiger partial charge in [-0.15, -0.1) is 0 Å². The molecule has 3 aliphatic rings. The summed E-state index contributed by atoms with van der Waals surface area (Å²) in [7, 11) is 0. The van der Waals surface area contributed by atoms with Crippen molar-refractivity contribution in [3.8, 4) is 0 Å². The Balaban J connectivity index is 1.72. The number of rotatable bonds is 1. The first-order valence-electron chi connectivity index (χ1n) is 8.06. The summed E-state index contributed by atoms with van der Waals surface area (Å²) in [5.41, 5.74) is 4.82. The van der Waals surface area contributed by atoms with Crippen LogP contribution in [-0.4, -0.2) is 0 Å². The standard InChI is InChI=1S/C20H22/c1-2-7-15(8-3-1)18-11-6-12-19-17-10-5-4-9-16(17)13-14-20(18)19/h1-4,7-9,13-14,17-19H,5-6,10-12H2. The smallest absolute Gasteiger partial charge is 0.00542 e. The fourth-order valence-corrected chi connectivity index (χ4v) is 4.44. The minimum atomic E-state index is 0.665. The SMILES string of the molecule is C1=CC2=CC=C3C(c4ccccc4)CCCC3C2CC1. The molecule has 0 heteroatoms. The average molecular weight is 262 g/mol. The van der Waals surface area contributed by atoms with Crippen LogP contribution in [0.2, 0.25) is 0 Å². The first-order valence-corrected chi connectivity index (χ1v) is 8.06. The molecule has 1 saturated carbocycles. The van der Waals surface area contributed by atoms with Gasteiger partial charge in [-0.3, -0.25) is 0 Å². The molecule has 4 rings (SSSR count). The van der Waals surface area contributed by atoms with Gasteiger partial charge in [0.25, 0.3) is 0 Å². The van der Waals surface area contributed by atoms with Crippen molar-refractivity contribution in [2.24, 2.45) is 11.8 Å². The highest BCUT2D eigenvalue weighted by Crippen LogP contribution is 2.49. The van der Waals surface area contributed by atoms with Gasteiger partial charge in [-0.1, -0.05) is 66.6 Å². The zero-order chi connectivity index (χ0) is 13.4. The Morgan fingerprint density at radius 2 is 1.75 bits per heavy atom. The Kier molecular flexibility index (Phi) is 3.10. The minimum absolute atomic E-state index is 0.665. The Labute approximate surface area is 121 Å². The van der Waals surface area contributed by atoms with E-state index in [0.29, 0.717) is 5.92 Å². The molecular formula is C20H22. The van der Waals surface area contributed by atoms with Gasteiger partial charge in [0, 0.05) is 5.92 Å². The molecule has 0 aliphatic heterocycles. The van der Waals surface area contributed by atoms with Crippen LogP contribution in [0.25, 0.3) is 0 Å². The normalized spacial score (nSPS) is 31.9. The fourth-order valence-electron chi connectivity index (χ4n) is 4.44. The van der Waals surface area contributed by atoms with Crippen molar-refractivity contribution in [3.05, 3.63) is 71.3 Å². The summed E-state index contributed by atoms with van der Waals surface area (Å²) in [4.78, 5) is 0. The predicted octanol–water partition coefficient (Wildman–Crippen LogP) is 5.40. The van der Waals surface area contributed by atoms with E-state index in [9.17, 15) is 0 Å². The van der Waals surface area contributed by atoms with Crippen LogP contribution >= 0.6 is 0 Å². The van der Waals surface area contributed by atoms with E-state index in [2.05, 4.69) is 54.6 Å². The van der Waals surface area contributed by atoms with Crippen LogP contribution in [-0.2, 0) is 0 Å². The van der Waals surface area contributed by atoms with Gasteiger partial charge in [0.1, 0.15) is 0 Å². The monoisotopic (exact) mass is 262 g/mol. The highest BCUT2D eigenvalue weighted by atomic mass is 14.4. The van der Waals surface area contributed by atoms with Crippen LogP contribution in [0.1, 0.15) is 43.6 Å². The predicted molar refractivity (Wildman–Crippen MR) is 84.6 cm³/mol. The highest BCUT2D eigenvalue weighted by molar-refractivity contribution is 5.42. The lowest BCUT2D eigenvalue weighted by molar-refractivity contribution is 0.316. The molecule has 20 heavy (non-hydrogen) atoms. The van der Waals surface area contributed by atoms with E-state index in [1.165, 1.54) is 37.7 Å². The zero-order valence-electron chi connectivity index (χ0n) is 12.0. The van der Waals surface area contributed by atoms with E-state index < -0.39 is 0 Å². The maximum atomic E-state index is 2.45. The summed E-state index contributed by atoms with van der Waals surface area (Å²) in [5.74, 6) is 2.27.